The molecule has 1 aliphatic rings. The van der Waals surface area contributed by atoms with Gasteiger partial charge in [0, 0.05) is 26.2 Å². The second kappa shape index (κ2) is 8.19. The van der Waals surface area contributed by atoms with Gasteiger partial charge in [-0.2, -0.15) is 0 Å². The molecule has 28 heavy (non-hydrogen) atoms. The minimum Gasteiger partial charge on any atom is -0.493 e. The number of hydrogen-bond donors (Lipinski definition) is 0. The molecule has 146 valence electrons. The quantitative estimate of drug-likeness (QED) is 0.654. The first-order valence-corrected chi connectivity index (χ1v) is 10.5. The van der Waals surface area contributed by atoms with E-state index < -0.39 is 0 Å². The standard InChI is InChI=1S/C22H25N3O2S/c1-16-8-9-19-21(17(16)2)23-22(28-19)25-13-11-24(12-14-25)20(26)10-15-27-18-6-4-3-5-7-18/h3-9H,10-15H2,1-2H3. The van der Waals surface area contributed by atoms with Crippen molar-refractivity contribution in [3.8, 4) is 5.75 Å². The third-order valence-electron chi connectivity index (χ3n) is 5.30. The lowest BCUT2D eigenvalue weighted by atomic mass is 10.1. The van der Waals surface area contributed by atoms with Gasteiger partial charge in [0.15, 0.2) is 5.13 Å². The minimum absolute atomic E-state index is 0.159. The number of carbonyl (C=O) groups is 1. The number of carbonyl (C=O) groups excluding carboxylic acids is 1. The summed E-state index contributed by atoms with van der Waals surface area (Å²) in [6.07, 6.45) is 0.411. The summed E-state index contributed by atoms with van der Waals surface area (Å²) in [4.78, 5) is 21.6. The second-order valence-corrected chi connectivity index (χ2v) is 8.14. The van der Waals surface area contributed by atoms with Crippen molar-refractivity contribution >= 4 is 32.6 Å². The largest absolute Gasteiger partial charge is 0.493 e. The van der Waals surface area contributed by atoms with Gasteiger partial charge in [0.2, 0.25) is 5.91 Å². The molecule has 1 aliphatic heterocycles. The molecule has 0 aliphatic carbocycles. The maximum atomic E-state index is 12.5. The summed E-state index contributed by atoms with van der Waals surface area (Å²) in [7, 11) is 0. The van der Waals surface area contributed by atoms with Crippen molar-refractivity contribution in [3.05, 3.63) is 53.6 Å². The van der Waals surface area contributed by atoms with Crippen molar-refractivity contribution in [1.82, 2.24) is 9.88 Å². The van der Waals surface area contributed by atoms with Crippen LogP contribution in [0.3, 0.4) is 0 Å². The molecular weight excluding hydrogens is 370 g/mol. The normalized spacial score (nSPS) is 14.5. The smallest absolute Gasteiger partial charge is 0.226 e. The summed E-state index contributed by atoms with van der Waals surface area (Å²) in [6, 6.07) is 13.9. The first-order chi connectivity index (χ1) is 13.6. The van der Waals surface area contributed by atoms with Crippen LogP contribution >= 0.6 is 11.3 Å². The fourth-order valence-corrected chi connectivity index (χ4v) is 4.50. The van der Waals surface area contributed by atoms with E-state index >= 15 is 0 Å². The molecule has 0 atom stereocenters. The third-order valence-corrected chi connectivity index (χ3v) is 6.39. The summed E-state index contributed by atoms with van der Waals surface area (Å²) in [5.41, 5.74) is 3.64. The molecule has 0 unspecified atom stereocenters. The predicted octanol–water partition coefficient (Wildman–Crippen LogP) is 4.03. The molecule has 0 spiro atoms. The van der Waals surface area contributed by atoms with Gasteiger partial charge in [-0.1, -0.05) is 35.6 Å². The summed E-state index contributed by atoms with van der Waals surface area (Å²) in [5.74, 6) is 0.966. The van der Waals surface area contributed by atoms with Crippen LogP contribution in [0.2, 0.25) is 0 Å². The topological polar surface area (TPSA) is 45.7 Å². The maximum Gasteiger partial charge on any atom is 0.226 e. The number of hydrogen-bond acceptors (Lipinski definition) is 5. The number of benzene rings is 2. The fraction of sp³-hybridized carbons (Fsp3) is 0.364. The SMILES string of the molecule is Cc1ccc2sc(N3CCN(C(=O)CCOc4ccccc4)CC3)nc2c1C. The van der Waals surface area contributed by atoms with Crippen molar-refractivity contribution in [2.75, 3.05) is 37.7 Å². The lowest BCUT2D eigenvalue weighted by Gasteiger charge is -2.34. The number of fused-ring (bicyclic) bond motifs is 1. The minimum atomic E-state index is 0.159. The van der Waals surface area contributed by atoms with Gasteiger partial charge in [-0.05, 0) is 43.2 Å². The summed E-state index contributed by atoms with van der Waals surface area (Å²) in [5, 5.41) is 1.06. The molecule has 2 aromatic carbocycles. The van der Waals surface area contributed by atoms with Crippen LogP contribution in [0.25, 0.3) is 10.2 Å². The van der Waals surface area contributed by atoms with Crippen molar-refractivity contribution < 1.29 is 9.53 Å². The number of piperazine rings is 1. The second-order valence-electron chi connectivity index (χ2n) is 7.13. The zero-order valence-corrected chi connectivity index (χ0v) is 17.2. The molecular formula is C22H25N3O2S. The van der Waals surface area contributed by atoms with Crippen LogP contribution < -0.4 is 9.64 Å². The average molecular weight is 396 g/mol. The molecule has 0 radical (unpaired) electrons. The van der Waals surface area contributed by atoms with E-state index in [1.807, 2.05) is 35.2 Å². The highest BCUT2D eigenvalue weighted by Crippen LogP contribution is 2.32. The van der Waals surface area contributed by atoms with Crippen LogP contribution in [-0.4, -0.2) is 48.6 Å². The van der Waals surface area contributed by atoms with Gasteiger partial charge in [-0.25, -0.2) is 4.98 Å². The van der Waals surface area contributed by atoms with Crippen molar-refractivity contribution in [1.29, 1.82) is 0 Å². The van der Waals surface area contributed by atoms with Crippen LogP contribution in [0.15, 0.2) is 42.5 Å². The Balaban J connectivity index is 1.30. The van der Waals surface area contributed by atoms with Crippen LogP contribution in [0, 0.1) is 13.8 Å². The highest BCUT2D eigenvalue weighted by molar-refractivity contribution is 7.22. The molecule has 1 fully saturated rings. The van der Waals surface area contributed by atoms with Gasteiger partial charge in [-0.3, -0.25) is 4.79 Å². The molecule has 2 heterocycles. The van der Waals surface area contributed by atoms with E-state index in [1.165, 1.54) is 15.8 Å². The Bertz CT molecular complexity index is 963. The molecule has 1 aromatic heterocycles. The third kappa shape index (κ3) is 3.97. The van der Waals surface area contributed by atoms with Crippen LogP contribution in [0.1, 0.15) is 17.5 Å². The molecule has 1 saturated heterocycles. The lowest BCUT2D eigenvalue weighted by molar-refractivity contribution is -0.132. The van der Waals surface area contributed by atoms with E-state index in [9.17, 15) is 4.79 Å². The predicted molar refractivity (Wildman–Crippen MR) is 114 cm³/mol. The summed E-state index contributed by atoms with van der Waals surface area (Å²) in [6.45, 7) is 7.79. The van der Waals surface area contributed by atoms with Crippen LogP contribution in [0.5, 0.6) is 5.75 Å². The fourth-order valence-electron chi connectivity index (χ4n) is 3.43. The lowest BCUT2D eigenvalue weighted by Crippen LogP contribution is -2.49. The Morgan fingerprint density at radius 3 is 2.57 bits per heavy atom. The van der Waals surface area contributed by atoms with Gasteiger partial charge in [0.1, 0.15) is 5.75 Å². The van der Waals surface area contributed by atoms with Crippen molar-refractivity contribution in [2.45, 2.75) is 20.3 Å². The molecule has 3 aromatic rings. The molecule has 0 bridgehead atoms. The van der Waals surface area contributed by atoms with Gasteiger partial charge in [-0.15, -0.1) is 0 Å². The van der Waals surface area contributed by atoms with E-state index in [0.717, 1.165) is 42.6 Å². The average Bonchev–Trinajstić information content (AvgIpc) is 3.17. The van der Waals surface area contributed by atoms with Crippen molar-refractivity contribution in [3.63, 3.8) is 0 Å². The van der Waals surface area contributed by atoms with Gasteiger partial charge in [0.25, 0.3) is 0 Å². The Hall–Kier alpha value is -2.60. The Labute approximate surface area is 169 Å². The summed E-state index contributed by atoms with van der Waals surface area (Å²) >= 11 is 1.74. The van der Waals surface area contributed by atoms with Crippen LogP contribution in [-0.2, 0) is 4.79 Å². The molecule has 0 saturated carbocycles. The number of thiazole rings is 1. The van der Waals surface area contributed by atoms with Gasteiger partial charge >= 0.3 is 0 Å². The van der Waals surface area contributed by atoms with Gasteiger partial charge in [0.05, 0.1) is 23.2 Å². The molecule has 1 amide bonds. The number of rotatable bonds is 5. The van der Waals surface area contributed by atoms with Crippen LogP contribution in [0.4, 0.5) is 5.13 Å². The number of anilines is 1. The number of aryl methyl sites for hydroxylation is 2. The number of ether oxygens (including phenoxy) is 1. The highest BCUT2D eigenvalue weighted by Gasteiger charge is 2.23. The number of aromatic nitrogens is 1. The first-order valence-electron chi connectivity index (χ1n) is 9.69. The Morgan fingerprint density at radius 1 is 1.07 bits per heavy atom. The Morgan fingerprint density at radius 2 is 1.82 bits per heavy atom. The van der Waals surface area contributed by atoms with E-state index in [-0.39, 0.29) is 5.91 Å². The zero-order valence-electron chi connectivity index (χ0n) is 16.4. The molecule has 4 rings (SSSR count). The Kier molecular flexibility index (Phi) is 5.48. The number of amides is 1. The number of nitrogens with zero attached hydrogens (tertiary/aromatic N) is 3. The molecule has 0 N–H and O–H groups in total. The van der Waals surface area contributed by atoms with Crippen molar-refractivity contribution in [2.24, 2.45) is 0 Å². The number of para-hydroxylation sites is 1. The van der Waals surface area contributed by atoms with E-state index in [4.69, 9.17) is 9.72 Å². The zero-order chi connectivity index (χ0) is 19.5. The van der Waals surface area contributed by atoms with Gasteiger partial charge < -0.3 is 14.5 Å². The summed E-state index contributed by atoms with van der Waals surface area (Å²) < 4.78 is 6.88. The molecule has 6 heteroatoms. The van der Waals surface area contributed by atoms with E-state index in [1.54, 1.807) is 11.3 Å². The highest BCUT2D eigenvalue weighted by atomic mass is 32.1. The van der Waals surface area contributed by atoms with E-state index in [2.05, 4.69) is 30.9 Å². The molecule has 5 nitrogen and oxygen atoms in total. The first kappa shape index (κ1) is 18.7. The monoisotopic (exact) mass is 395 g/mol. The maximum absolute atomic E-state index is 12.5. The van der Waals surface area contributed by atoms with E-state index in [0.29, 0.717) is 13.0 Å².